The number of hydrogen-bond acceptors (Lipinski definition) is 4. The quantitative estimate of drug-likeness (QED) is 0.539. The Morgan fingerprint density at radius 2 is 2.25 bits per heavy atom. The minimum absolute atomic E-state index is 0.254. The first-order valence-corrected chi connectivity index (χ1v) is 3.86. The van der Waals surface area contributed by atoms with Gasteiger partial charge in [0.15, 0.2) is 0 Å². The van der Waals surface area contributed by atoms with E-state index in [4.69, 9.17) is 4.74 Å². The molecule has 0 unspecified atom stereocenters. The molecule has 0 N–H and O–H groups in total. The van der Waals surface area contributed by atoms with Crippen LogP contribution in [0.4, 0.5) is 0 Å². The van der Waals surface area contributed by atoms with E-state index in [0.717, 1.165) is 5.56 Å². The minimum Gasteiger partial charge on any atom is -0.407 e. The van der Waals surface area contributed by atoms with Crippen LogP contribution in [0.25, 0.3) is 0 Å². The number of rotatable bonds is 0. The molecule has 0 spiro atoms. The molecule has 0 radical (unpaired) electrons. The third-order valence-corrected chi connectivity index (χ3v) is 1.29. The van der Waals surface area contributed by atoms with Crippen molar-refractivity contribution in [2.24, 2.45) is 0 Å². The van der Waals surface area contributed by atoms with Crippen molar-refractivity contribution in [1.82, 2.24) is 9.97 Å². The van der Waals surface area contributed by atoms with Crippen LogP contribution in [-0.2, 0) is 11.2 Å². The van der Waals surface area contributed by atoms with Crippen LogP contribution in [0.1, 0.15) is 19.4 Å². The lowest BCUT2D eigenvalue weighted by molar-refractivity contribution is -0.132. The summed E-state index contributed by atoms with van der Waals surface area (Å²) in [4.78, 5) is 18.1. The average Bonchev–Trinajstić information content (AvgIpc) is 2.48. The van der Waals surface area contributed by atoms with Gasteiger partial charge in [-0.05, 0) is 0 Å². The fraction of sp³-hybridized carbons (Fsp3) is 0.375. The van der Waals surface area contributed by atoms with E-state index in [1.54, 1.807) is 6.20 Å². The maximum absolute atomic E-state index is 10.6. The Morgan fingerprint density at radius 1 is 1.50 bits per heavy atom. The van der Waals surface area contributed by atoms with E-state index >= 15 is 0 Å². The molecule has 1 aliphatic heterocycles. The highest BCUT2D eigenvalue weighted by atomic mass is 16.5. The van der Waals surface area contributed by atoms with Crippen LogP contribution in [-0.4, -0.2) is 15.9 Å². The van der Waals surface area contributed by atoms with Crippen LogP contribution in [0.3, 0.4) is 0 Å². The van der Waals surface area contributed by atoms with Gasteiger partial charge in [0.05, 0.1) is 6.42 Å². The highest BCUT2D eigenvalue weighted by Crippen LogP contribution is 2.20. The predicted molar refractivity (Wildman–Crippen MR) is 42.7 cm³/mol. The number of esters is 1. The zero-order valence-corrected chi connectivity index (χ0v) is 7.07. The molecule has 0 fully saturated rings. The molecular formula is C8H10N2O2. The van der Waals surface area contributed by atoms with Gasteiger partial charge in [0.1, 0.15) is 6.33 Å². The molecule has 0 amide bonds. The lowest BCUT2D eigenvalue weighted by Crippen LogP contribution is -2.00. The molecule has 12 heavy (non-hydrogen) atoms. The first-order chi connectivity index (χ1) is 5.86. The number of carbonyl (C=O) groups is 1. The van der Waals surface area contributed by atoms with Crippen molar-refractivity contribution in [3.8, 4) is 5.88 Å². The van der Waals surface area contributed by atoms with Crippen molar-refractivity contribution >= 4 is 5.97 Å². The standard InChI is InChI=1S/C6H4N2O2.C2H6/c9-5-1-4-2-7-3-8-6(4)10-5;1-2/h2-3H,1H2;1-2H3. The van der Waals surface area contributed by atoms with Crippen LogP contribution in [0.5, 0.6) is 5.88 Å². The van der Waals surface area contributed by atoms with E-state index < -0.39 is 0 Å². The molecule has 4 nitrogen and oxygen atoms in total. The van der Waals surface area contributed by atoms with E-state index in [0.29, 0.717) is 12.3 Å². The summed E-state index contributed by atoms with van der Waals surface area (Å²) in [5, 5.41) is 0. The monoisotopic (exact) mass is 166 g/mol. The number of carbonyl (C=O) groups excluding carboxylic acids is 1. The van der Waals surface area contributed by atoms with Gasteiger partial charge in [-0.15, -0.1) is 0 Å². The van der Waals surface area contributed by atoms with Crippen LogP contribution in [0.15, 0.2) is 12.5 Å². The molecule has 2 rings (SSSR count). The van der Waals surface area contributed by atoms with Crippen molar-refractivity contribution in [1.29, 1.82) is 0 Å². The van der Waals surface area contributed by atoms with Gasteiger partial charge < -0.3 is 4.74 Å². The van der Waals surface area contributed by atoms with Gasteiger partial charge in [0, 0.05) is 11.8 Å². The number of nitrogens with zero attached hydrogens (tertiary/aromatic N) is 2. The second-order valence-corrected chi connectivity index (χ2v) is 2.00. The molecule has 0 saturated carbocycles. The number of fused-ring (bicyclic) bond motifs is 1. The molecule has 0 aliphatic carbocycles. The molecule has 1 aromatic rings. The summed E-state index contributed by atoms with van der Waals surface area (Å²) in [6, 6.07) is 0. The van der Waals surface area contributed by atoms with E-state index in [1.165, 1.54) is 6.33 Å². The summed E-state index contributed by atoms with van der Waals surface area (Å²) in [7, 11) is 0. The van der Waals surface area contributed by atoms with Gasteiger partial charge in [-0.2, -0.15) is 0 Å². The lowest BCUT2D eigenvalue weighted by atomic mass is 10.3. The minimum atomic E-state index is -0.254. The Morgan fingerprint density at radius 3 is 2.92 bits per heavy atom. The van der Waals surface area contributed by atoms with Crippen molar-refractivity contribution < 1.29 is 9.53 Å². The maximum atomic E-state index is 10.6. The molecule has 1 aliphatic rings. The summed E-state index contributed by atoms with van der Waals surface area (Å²) in [5.74, 6) is 0.149. The molecule has 0 bridgehead atoms. The first-order valence-electron chi connectivity index (χ1n) is 3.86. The maximum Gasteiger partial charge on any atom is 0.317 e. The summed E-state index contributed by atoms with van der Waals surface area (Å²) < 4.78 is 4.72. The van der Waals surface area contributed by atoms with E-state index in [2.05, 4.69) is 9.97 Å². The molecule has 0 saturated heterocycles. The molecule has 0 aromatic carbocycles. The third-order valence-electron chi connectivity index (χ3n) is 1.29. The highest BCUT2D eigenvalue weighted by molar-refractivity contribution is 5.79. The zero-order chi connectivity index (χ0) is 8.97. The van der Waals surface area contributed by atoms with E-state index in [-0.39, 0.29) is 5.97 Å². The van der Waals surface area contributed by atoms with Gasteiger partial charge >= 0.3 is 5.97 Å². The lowest BCUT2D eigenvalue weighted by Gasteiger charge is -1.89. The summed E-state index contributed by atoms with van der Waals surface area (Å²) in [6.45, 7) is 4.00. The van der Waals surface area contributed by atoms with Crippen LogP contribution in [0, 0.1) is 0 Å². The summed E-state index contributed by atoms with van der Waals surface area (Å²) >= 11 is 0. The van der Waals surface area contributed by atoms with Crippen molar-refractivity contribution in [2.75, 3.05) is 0 Å². The highest BCUT2D eigenvalue weighted by Gasteiger charge is 2.20. The average molecular weight is 166 g/mol. The molecule has 1 aromatic heterocycles. The van der Waals surface area contributed by atoms with E-state index in [9.17, 15) is 4.79 Å². The second kappa shape index (κ2) is 3.80. The predicted octanol–water partition coefficient (Wildman–Crippen LogP) is 0.964. The Labute approximate surface area is 70.6 Å². The molecular weight excluding hydrogens is 156 g/mol. The Balaban J connectivity index is 0.000000336. The number of ether oxygens (including phenoxy) is 1. The molecule has 4 heteroatoms. The number of aromatic nitrogens is 2. The van der Waals surface area contributed by atoms with Gasteiger partial charge in [-0.1, -0.05) is 13.8 Å². The summed E-state index contributed by atoms with van der Waals surface area (Å²) in [6.07, 6.45) is 3.25. The molecule has 0 atom stereocenters. The largest absolute Gasteiger partial charge is 0.407 e. The topological polar surface area (TPSA) is 52.1 Å². The normalized spacial score (nSPS) is 12.7. The van der Waals surface area contributed by atoms with Gasteiger partial charge in [-0.25, -0.2) is 9.97 Å². The summed E-state index contributed by atoms with van der Waals surface area (Å²) in [5.41, 5.74) is 0.771. The van der Waals surface area contributed by atoms with Crippen LogP contribution >= 0.6 is 0 Å². The Hall–Kier alpha value is -1.45. The van der Waals surface area contributed by atoms with Crippen molar-refractivity contribution in [2.45, 2.75) is 20.3 Å². The van der Waals surface area contributed by atoms with Gasteiger partial charge in [-0.3, -0.25) is 4.79 Å². The third kappa shape index (κ3) is 1.58. The molecule has 2 heterocycles. The fourth-order valence-electron chi connectivity index (χ4n) is 0.860. The Bertz CT molecular complexity index is 259. The van der Waals surface area contributed by atoms with Crippen molar-refractivity contribution in [3.05, 3.63) is 18.1 Å². The SMILES string of the molecule is CC.O=C1Cc2cncnc2O1. The van der Waals surface area contributed by atoms with Crippen molar-refractivity contribution in [3.63, 3.8) is 0 Å². The smallest absolute Gasteiger partial charge is 0.317 e. The zero-order valence-electron chi connectivity index (χ0n) is 7.07. The van der Waals surface area contributed by atoms with Gasteiger partial charge in [0.25, 0.3) is 0 Å². The van der Waals surface area contributed by atoms with Crippen LogP contribution < -0.4 is 4.74 Å². The molecule has 64 valence electrons. The van der Waals surface area contributed by atoms with E-state index in [1.807, 2.05) is 13.8 Å². The van der Waals surface area contributed by atoms with Gasteiger partial charge in [0.2, 0.25) is 5.88 Å². The number of hydrogen-bond donors (Lipinski definition) is 0. The second-order valence-electron chi connectivity index (χ2n) is 2.00. The Kier molecular flexibility index (Phi) is 2.74. The van der Waals surface area contributed by atoms with Crippen LogP contribution in [0.2, 0.25) is 0 Å². The first kappa shape index (κ1) is 8.64. The fourth-order valence-corrected chi connectivity index (χ4v) is 0.860.